The maximum absolute atomic E-state index is 9.08. The molecule has 0 aliphatic rings. The molecule has 6 nitrogen and oxygen atoms in total. The number of nitrogen functional groups attached to an aromatic ring is 1. The van der Waals surface area contributed by atoms with Gasteiger partial charge in [0.2, 0.25) is 6.20 Å². The Morgan fingerprint density at radius 2 is 1.81 bits per heavy atom. The predicted octanol–water partition coefficient (Wildman–Crippen LogP) is -0.602. The SMILES string of the molecule is CS(=O)(=O)[O-].N[n+]1cc2ccccc2cn1. The minimum absolute atomic E-state index is 0.604. The zero-order chi connectivity index (χ0) is 12.2. The Morgan fingerprint density at radius 1 is 1.31 bits per heavy atom. The highest BCUT2D eigenvalue weighted by atomic mass is 32.2. The third-order valence-electron chi connectivity index (χ3n) is 1.60. The number of hydrogen-bond acceptors (Lipinski definition) is 5. The number of fused-ring (bicyclic) bond motifs is 1. The molecule has 0 saturated heterocycles. The normalized spacial score (nSPS) is 10.6. The summed E-state index contributed by atoms with van der Waals surface area (Å²) in [6.07, 6.45) is 4.14. The summed E-state index contributed by atoms with van der Waals surface area (Å²) in [5, 5.41) is 6.11. The monoisotopic (exact) mass is 241 g/mol. The molecule has 86 valence electrons. The summed E-state index contributed by atoms with van der Waals surface area (Å²) in [5.74, 6) is 5.43. The van der Waals surface area contributed by atoms with E-state index in [2.05, 4.69) is 5.10 Å². The molecule has 2 rings (SSSR count). The van der Waals surface area contributed by atoms with Crippen LogP contribution in [0.1, 0.15) is 0 Å². The largest absolute Gasteiger partial charge is 0.748 e. The van der Waals surface area contributed by atoms with E-state index < -0.39 is 10.1 Å². The van der Waals surface area contributed by atoms with Crippen molar-refractivity contribution >= 4 is 20.9 Å². The van der Waals surface area contributed by atoms with Crippen molar-refractivity contribution in [2.75, 3.05) is 12.1 Å². The third-order valence-corrected chi connectivity index (χ3v) is 1.60. The second kappa shape index (κ2) is 4.86. The molecule has 0 unspecified atom stereocenters. The van der Waals surface area contributed by atoms with E-state index in [0.717, 1.165) is 10.8 Å². The summed E-state index contributed by atoms with van der Waals surface area (Å²) in [7, 11) is -3.92. The van der Waals surface area contributed by atoms with Crippen LogP contribution in [-0.2, 0) is 10.1 Å². The maximum atomic E-state index is 9.08. The Balaban J connectivity index is 0.000000221. The van der Waals surface area contributed by atoms with Crippen LogP contribution in [0, 0.1) is 0 Å². The van der Waals surface area contributed by atoms with Crippen molar-refractivity contribution in [3.8, 4) is 0 Å². The van der Waals surface area contributed by atoms with Gasteiger partial charge in [-0.3, -0.25) is 0 Å². The van der Waals surface area contributed by atoms with Crippen LogP contribution in [0.4, 0.5) is 0 Å². The minimum Gasteiger partial charge on any atom is -0.748 e. The molecule has 0 saturated carbocycles. The van der Waals surface area contributed by atoms with E-state index in [0.29, 0.717) is 6.26 Å². The molecule has 0 atom stereocenters. The van der Waals surface area contributed by atoms with E-state index in [-0.39, 0.29) is 0 Å². The first-order valence-electron chi connectivity index (χ1n) is 4.29. The van der Waals surface area contributed by atoms with Gasteiger partial charge in [-0.15, -0.1) is 0 Å². The van der Waals surface area contributed by atoms with Gasteiger partial charge in [0.15, 0.2) is 0 Å². The zero-order valence-corrected chi connectivity index (χ0v) is 9.39. The van der Waals surface area contributed by atoms with Crippen LogP contribution >= 0.6 is 0 Å². The third kappa shape index (κ3) is 4.67. The number of nitrogens with two attached hydrogens (primary N) is 1. The fourth-order valence-corrected chi connectivity index (χ4v) is 1.05. The molecule has 16 heavy (non-hydrogen) atoms. The molecule has 0 aliphatic carbocycles. The van der Waals surface area contributed by atoms with Gasteiger partial charge in [-0.2, -0.15) is 5.84 Å². The minimum atomic E-state index is -3.92. The molecular formula is C9H11N3O3S. The number of benzene rings is 1. The Kier molecular flexibility index (Phi) is 3.75. The van der Waals surface area contributed by atoms with Crippen LogP contribution in [0.3, 0.4) is 0 Å². The highest BCUT2D eigenvalue weighted by molar-refractivity contribution is 7.84. The average Bonchev–Trinajstić information content (AvgIpc) is 2.15. The Bertz CT molecular complexity index is 575. The molecule has 7 heteroatoms. The Labute approximate surface area is 93.0 Å². The first kappa shape index (κ1) is 12.3. The van der Waals surface area contributed by atoms with Crippen LogP contribution < -0.4 is 10.6 Å². The van der Waals surface area contributed by atoms with Crippen molar-refractivity contribution in [2.24, 2.45) is 0 Å². The average molecular weight is 241 g/mol. The molecule has 0 radical (unpaired) electrons. The summed E-state index contributed by atoms with van der Waals surface area (Å²) >= 11 is 0. The van der Waals surface area contributed by atoms with Gasteiger partial charge in [0.05, 0.1) is 15.5 Å². The first-order chi connectivity index (χ1) is 7.36. The van der Waals surface area contributed by atoms with Gasteiger partial charge in [-0.05, 0) is 6.07 Å². The lowest BCUT2D eigenvalue weighted by Crippen LogP contribution is -2.47. The smallest absolute Gasteiger partial charge is 0.238 e. The molecule has 1 aromatic heterocycles. The molecule has 0 aliphatic heterocycles. The van der Waals surface area contributed by atoms with Crippen molar-refractivity contribution in [3.63, 3.8) is 0 Å². The van der Waals surface area contributed by atoms with Crippen LogP contribution in [0.15, 0.2) is 36.7 Å². The molecule has 1 heterocycles. The maximum Gasteiger partial charge on any atom is 0.238 e. The van der Waals surface area contributed by atoms with Gasteiger partial charge in [0, 0.05) is 21.5 Å². The number of nitrogens with zero attached hydrogens (tertiary/aromatic N) is 2. The van der Waals surface area contributed by atoms with Gasteiger partial charge < -0.3 is 4.55 Å². The van der Waals surface area contributed by atoms with Crippen molar-refractivity contribution in [1.82, 2.24) is 5.10 Å². The van der Waals surface area contributed by atoms with Crippen molar-refractivity contribution in [1.29, 1.82) is 0 Å². The molecule has 0 amide bonds. The highest BCUT2D eigenvalue weighted by Crippen LogP contribution is 2.07. The van der Waals surface area contributed by atoms with Crippen molar-refractivity contribution in [3.05, 3.63) is 36.7 Å². The Morgan fingerprint density at radius 3 is 2.38 bits per heavy atom. The van der Waals surface area contributed by atoms with Gasteiger partial charge in [-0.1, -0.05) is 18.2 Å². The summed E-state index contributed by atoms with van der Waals surface area (Å²) in [5.41, 5.74) is 0. The second-order valence-corrected chi connectivity index (χ2v) is 4.49. The van der Waals surface area contributed by atoms with Gasteiger partial charge in [-0.25, -0.2) is 8.42 Å². The zero-order valence-electron chi connectivity index (χ0n) is 8.57. The summed E-state index contributed by atoms with van der Waals surface area (Å²) in [4.78, 5) is 1.31. The highest BCUT2D eigenvalue weighted by Gasteiger charge is 1.97. The fourth-order valence-electron chi connectivity index (χ4n) is 1.05. The molecule has 2 N–H and O–H groups in total. The van der Waals surface area contributed by atoms with Gasteiger partial charge in [0.25, 0.3) is 0 Å². The summed E-state index contributed by atoms with van der Waals surface area (Å²) in [6, 6.07) is 7.95. The number of aromatic nitrogens is 2. The van der Waals surface area contributed by atoms with Crippen molar-refractivity contribution < 1.29 is 17.8 Å². The molecule has 0 spiro atoms. The molecule has 2 aromatic rings. The number of rotatable bonds is 0. The molecule has 0 bridgehead atoms. The van der Waals surface area contributed by atoms with Crippen LogP contribution in [-0.4, -0.2) is 24.3 Å². The Hall–Kier alpha value is -1.73. The second-order valence-electron chi connectivity index (χ2n) is 3.09. The predicted molar refractivity (Wildman–Crippen MR) is 57.7 cm³/mol. The molecular weight excluding hydrogens is 230 g/mol. The quantitative estimate of drug-likeness (QED) is 0.377. The standard InChI is InChI=1S/C8H8N3.CH4O3S/c9-11-6-8-4-2-1-3-7(8)5-10-11;1-5(2,3)4/h1-6H,(H2,9,10);1H3,(H,2,3,4)/q+1;/p-1. The van der Waals surface area contributed by atoms with E-state index in [1.165, 1.54) is 4.79 Å². The van der Waals surface area contributed by atoms with E-state index in [9.17, 15) is 0 Å². The fraction of sp³-hybridized carbons (Fsp3) is 0.111. The topological polar surface area (TPSA) is 100.0 Å². The lowest BCUT2D eigenvalue weighted by molar-refractivity contribution is -0.699. The lowest BCUT2D eigenvalue weighted by atomic mass is 10.2. The van der Waals surface area contributed by atoms with E-state index >= 15 is 0 Å². The summed E-state index contributed by atoms with van der Waals surface area (Å²) < 4.78 is 27.2. The van der Waals surface area contributed by atoms with E-state index in [1.807, 2.05) is 24.3 Å². The summed E-state index contributed by atoms with van der Waals surface area (Å²) in [6.45, 7) is 0. The molecule has 1 aromatic carbocycles. The number of hydrogen-bond donors (Lipinski definition) is 1. The van der Waals surface area contributed by atoms with Gasteiger partial charge in [0.1, 0.15) is 6.20 Å². The van der Waals surface area contributed by atoms with Crippen LogP contribution in [0.5, 0.6) is 0 Å². The van der Waals surface area contributed by atoms with E-state index in [1.54, 1.807) is 12.4 Å². The first-order valence-corrected chi connectivity index (χ1v) is 6.10. The van der Waals surface area contributed by atoms with Crippen molar-refractivity contribution in [2.45, 2.75) is 0 Å². The van der Waals surface area contributed by atoms with Crippen LogP contribution in [0.2, 0.25) is 0 Å². The molecule has 0 fully saturated rings. The lowest BCUT2D eigenvalue weighted by Gasteiger charge is -1.90. The van der Waals surface area contributed by atoms with Gasteiger partial charge >= 0.3 is 0 Å². The van der Waals surface area contributed by atoms with Crippen LogP contribution in [0.25, 0.3) is 10.8 Å². The van der Waals surface area contributed by atoms with E-state index in [4.69, 9.17) is 18.8 Å².